The minimum absolute atomic E-state index is 0.146. The average Bonchev–Trinajstić information content (AvgIpc) is 2.26. The van der Waals surface area contributed by atoms with Gasteiger partial charge in [0.25, 0.3) is 0 Å². The first-order chi connectivity index (χ1) is 7.70. The molecule has 0 aliphatic carbocycles. The van der Waals surface area contributed by atoms with Crippen molar-refractivity contribution in [1.29, 1.82) is 0 Å². The van der Waals surface area contributed by atoms with Crippen LogP contribution in [0.2, 0.25) is 0 Å². The summed E-state index contributed by atoms with van der Waals surface area (Å²) in [5, 5.41) is 21.5. The normalized spacial score (nSPS) is 37.3. The van der Waals surface area contributed by atoms with Crippen LogP contribution in [0.5, 0.6) is 0 Å². The maximum atomic E-state index is 9.32. The highest BCUT2D eigenvalue weighted by atomic mass is 16.3. The summed E-state index contributed by atoms with van der Waals surface area (Å²) in [6.45, 7) is 0.372. The molecule has 0 radical (unpaired) electrons. The fourth-order valence-corrected chi connectivity index (χ4v) is 3.15. The van der Waals surface area contributed by atoms with Crippen LogP contribution in [0.3, 0.4) is 0 Å². The van der Waals surface area contributed by atoms with E-state index in [0.717, 1.165) is 12.1 Å². The molecule has 0 amide bonds. The van der Waals surface area contributed by atoms with E-state index < -0.39 is 6.10 Å². The van der Waals surface area contributed by atoms with Crippen molar-refractivity contribution in [2.75, 3.05) is 20.2 Å². The molecule has 2 heterocycles. The lowest BCUT2D eigenvalue weighted by atomic mass is 9.82. The van der Waals surface area contributed by atoms with Crippen molar-refractivity contribution in [2.45, 2.75) is 56.3 Å². The Morgan fingerprint density at radius 1 is 1.31 bits per heavy atom. The summed E-state index contributed by atoms with van der Waals surface area (Å²) in [4.78, 5) is 2.53. The van der Waals surface area contributed by atoms with Gasteiger partial charge in [-0.05, 0) is 32.7 Å². The second-order valence-electron chi connectivity index (χ2n) is 5.32. The van der Waals surface area contributed by atoms with Crippen molar-refractivity contribution in [3.05, 3.63) is 0 Å². The third-order valence-corrected chi connectivity index (χ3v) is 4.19. The van der Waals surface area contributed by atoms with Crippen molar-refractivity contribution in [1.82, 2.24) is 10.2 Å². The van der Waals surface area contributed by atoms with Gasteiger partial charge in [0.05, 0.1) is 12.7 Å². The van der Waals surface area contributed by atoms with Crippen molar-refractivity contribution < 1.29 is 10.2 Å². The number of hydrogen-bond donors (Lipinski definition) is 3. The molecule has 2 unspecified atom stereocenters. The molecular weight excluding hydrogens is 204 g/mol. The summed E-state index contributed by atoms with van der Waals surface area (Å²) >= 11 is 0. The first kappa shape index (κ1) is 12.3. The molecule has 3 atom stereocenters. The molecule has 4 nitrogen and oxygen atoms in total. The van der Waals surface area contributed by atoms with Crippen LogP contribution in [-0.2, 0) is 0 Å². The molecule has 2 bridgehead atoms. The molecule has 0 saturated carbocycles. The summed E-state index contributed by atoms with van der Waals surface area (Å²) in [5.74, 6) is 0. The van der Waals surface area contributed by atoms with E-state index >= 15 is 0 Å². The third-order valence-electron chi connectivity index (χ3n) is 4.19. The molecule has 2 saturated heterocycles. The minimum atomic E-state index is -0.612. The van der Waals surface area contributed by atoms with Gasteiger partial charge < -0.3 is 20.4 Å². The lowest BCUT2D eigenvalue weighted by molar-refractivity contribution is 0.0401. The first-order valence-corrected chi connectivity index (χ1v) is 6.45. The van der Waals surface area contributed by atoms with Crippen LogP contribution in [0.15, 0.2) is 0 Å². The van der Waals surface area contributed by atoms with E-state index in [0.29, 0.717) is 12.6 Å². The molecule has 16 heavy (non-hydrogen) atoms. The van der Waals surface area contributed by atoms with Gasteiger partial charge in [-0.25, -0.2) is 0 Å². The van der Waals surface area contributed by atoms with Gasteiger partial charge in [-0.2, -0.15) is 0 Å². The topological polar surface area (TPSA) is 55.7 Å². The summed E-state index contributed by atoms with van der Waals surface area (Å²) in [6.07, 6.45) is 5.75. The van der Waals surface area contributed by atoms with E-state index in [1.54, 1.807) is 0 Å². The number of nitrogens with zero attached hydrogens (tertiary/aromatic N) is 1. The Morgan fingerprint density at radius 2 is 1.94 bits per heavy atom. The van der Waals surface area contributed by atoms with E-state index in [1.807, 2.05) is 0 Å². The van der Waals surface area contributed by atoms with Gasteiger partial charge in [-0.15, -0.1) is 0 Å². The Balaban J connectivity index is 1.80. The van der Waals surface area contributed by atoms with Crippen LogP contribution in [-0.4, -0.2) is 59.5 Å². The molecule has 0 aromatic carbocycles. The van der Waals surface area contributed by atoms with Crippen molar-refractivity contribution in [2.24, 2.45) is 0 Å². The lowest BCUT2D eigenvalue weighted by Gasteiger charge is -2.47. The predicted molar refractivity (Wildman–Crippen MR) is 63.3 cm³/mol. The third kappa shape index (κ3) is 2.74. The number of nitrogens with one attached hydrogen (secondary N) is 1. The molecule has 2 aliphatic rings. The standard InChI is InChI=1S/C12H24N2O2/c1-14-10-3-2-4-11(14)6-9(5-10)13-7-12(16)8-15/h9-13,15-16H,2-8H2,1H3/t9?,10?,11?,12-/m0/s1. The van der Waals surface area contributed by atoms with Crippen LogP contribution in [0.1, 0.15) is 32.1 Å². The zero-order valence-corrected chi connectivity index (χ0v) is 10.1. The monoisotopic (exact) mass is 228 g/mol. The zero-order valence-electron chi connectivity index (χ0n) is 10.1. The van der Waals surface area contributed by atoms with Gasteiger partial charge in [0, 0.05) is 24.7 Å². The molecule has 2 aliphatic heterocycles. The van der Waals surface area contributed by atoms with E-state index in [9.17, 15) is 5.11 Å². The van der Waals surface area contributed by atoms with Crippen LogP contribution in [0.25, 0.3) is 0 Å². The number of fused-ring (bicyclic) bond motifs is 2. The second-order valence-corrected chi connectivity index (χ2v) is 5.32. The van der Waals surface area contributed by atoms with Crippen LogP contribution in [0.4, 0.5) is 0 Å². The Hall–Kier alpha value is -0.160. The molecule has 2 fully saturated rings. The molecule has 4 heteroatoms. The van der Waals surface area contributed by atoms with E-state index in [4.69, 9.17) is 5.11 Å². The number of aliphatic hydroxyl groups excluding tert-OH is 2. The largest absolute Gasteiger partial charge is 0.394 e. The fraction of sp³-hybridized carbons (Fsp3) is 1.00. The highest BCUT2D eigenvalue weighted by Crippen LogP contribution is 2.32. The average molecular weight is 228 g/mol. The smallest absolute Gasteiger partial charge is 0.0895 e. The van der Waals surface area contributed by atoms with Crippen molar-refractivity contribution in [3.63, 3.8) is 0 Å². The number of rotatable bonds is 4. The predicted octanol–water partition coefficient (Wildman–Crippen LogP) is -0.0555. The highest BCUT2D eigenvalue weighted by molar-refractivity contribution is 4.93. The quantitative estimate of drug-likeness (QED) is 0.631. The zero-order chi connectivity index (χ0) is 11.5. The SMILES string of the molecule is CN1C2CCCC1CC(NC[C@H](O)CO)C2. The maximum absolute atomic E-state index is 9.32. The molecule has 0 aromatic rings. The van der Waals surface area contributed by atoms with Crippen LogP contribution >= 0.6 is 0 Å². The van der Waals surface area contributed by atoms with Gasteiger partial charge in [-0.1, -0.05) is 6.42 Å². The Kier molecular flexibility index (Phi) is 4.19. The first-order valence-electron chi connectivity index (χ1n) is 6.45. The molecule has 0 spiro atoms. The Bertz CT molecular complexity index is 211. The number of hydrogen-bond acceptors (Lipinski definition) is 4. The molecule has 94 valence electrons. The molecular formula is C12H24N2O2. The van der Waals surface area contributed by atoms with E-state index in [1.165, 1.54) is 32.1 Å². The lowest BCUT2D eigenvalue weighted by Crippen LogP contribution is -2.55. The Labute approximate surface area is 97.6 Å². The van der Waals surface area contributed by atoms with Crippen molar-refractivity contribution >= 4 is 0 Å². The molecule has 3 N–H and O–H groups in total. The van der Waals surface area contributed by atoms with Crippen LogP contribution < -0.4 is 5.32 Å². The van der Waals surface area contributed by atoms with Gasteiger partial charge in [-0.3, -0.25) is 0 Å². The van der Waals surface area contributed by atoms with Crippen LogP contribution in [0, 0.1) is 0 Å². The minimum Gasteiger partial charge on any atom is -0.394 e. The summed E-state index contributed by atoms with van der Waals surface area (Å²) in [6, 6.07) is 1.96. The molecule has 2 rings (SSSR count). The van der Waals surface area contributed by atoms with Gasteiger partial charge in [0.1, 0.15) is 0 Å². The summed E-state index contributed by atoms with van der Waals surface area (Å²) in [5.41, 5.74) is 0. The Morgan fingerprint density at radius 3 is 2.50 bits per heavy atom. The van der Waals surface area contributed by atoms with Crippen molar-refractivity contribution in [3.8, 4) is 0 Å². The number of piperidine rings is 2. The number of aliphatic hydroxyl groups is 2. The maximum Gasteiger partial charge on any atom is 0.0895 e. The van der Waals surface area contributed by atoms with Gasteiger partial charge >= 0.3 is 0 Å². The molecule has 0 aromatic heterocycles. The van der Waals surface area contributed by atoms with E-state index in [-0.39, 0.29) is 6.61 Å². The van der Waals surface area contributed by atoms with Gasteiger partial charge in [0.2, 0.25) is 0 Å². The van der Waals surface area contributed by atoms with Gasteiger partial charge in [0.15, 0.2) is 0 Å². The highest BCUT2D eigenvalue weighted by Gasteiger charge is 2.35. The summed E-state index contributed by atoms with van der Waals surface area (Å²) in [7, 11) is 2.24. The summed E-state index contributed by atoms with van der Waals surface area (Å²) < 4.78 is 0. The van der Waals surface area contributed by atoms with E-state index in [2.05, 4.69) is 17.3 Å². The fourth-order valence-electron chi connectivity index (χ4n) is 3.15. The second kappa shape index (κ2) is 5.45.